The van der Waals surface area contributed by atoms with Gasteiger partial charge in [0, 0.05) is 0 Å². The van der Waals surface area contributed by atoms with Crippen molar-refractivity contribution in [2.45, 2.75) is 0 Å². The van der Waals surface area contributed by atoms with Gasteiger partial charge < -0.3 is 10.4 Å². The zero-order valence-electron chi connectivity index (χ0n) is 11.6. The van der Waals surface area contributed by atoms with E-state index in [0.29, 0.717) is 22.3 Å². The number of aromatic carboxylic acids is 1. The first-order valence-corrected chi connectivity index (χ1v) is 7.13. The molecule has 0 saturated heterocycles. The number of imidazole rings is 1. The number of H-pyrrole nitrogens is 1. The second kappa shape index (κ2) is 4.99. The average molecular weight is 328 g/mol. The van der Waals surface area contributed by atoms with E-state index in [2.05, 4.69) is 20.4 Å². The highest BCUT2D eigenvalue weighted by molar-refractivity contribution is 6.33. The Kier molecular flexibility index (Phi) is 2.95. The Bertz CT molecular complexity index is 1050. The smallest absolute Gasteiger partial charge is 0.335 e. The number of aromatic nitrogens is 4. The number of aromatic amines is 1. The minimum Gasteiger partial charge on any atom is -0.478 e. The van der Waals surface area contributed by atoms with E-state index in [0.717, 1.165) is 11.2 Å². The van der Waals surface area contributed by atoms with Gasteiger partial charge in [-0.2, -0.15) is 4.98 Å². The number of halogens is 1. The van der Waals surface area contributed by atoms with Crippen LogP contribution in [0.4, 0.5) is 11.6 Å². The minimum atomic E-state index is -0.988. The van der Waals surface area contributed by atoms with Crippen LogP contribution in [0.25, 0.3) is 16.8 Å². The monoisotopic (exact) mass is 327 g/mol. The van der Waals surface area contributed by atoms with Crippen LogP contribution in [0.15, 0.2) is 42.5 Å². The molecule has 0 fully saturated rings. The van der Waals surface area contributed by atoms with Crippen molar-refractivity contribution in [3.63, 3.8) is 0 Å². The van der Waals surface area contributed by atoms with Gasteiger partial charge in [0.2, 0.25) is 5.95 Å². The summed E-state index contributed by atoms with van der Waals surface area (Å²) in [5, 5.41) is 15.8. The number of nitrogens with one attached hydrogen (secondary N) is 2. The van der Waals surface area contributed by atoms with E-state index in [1.165, 1.54) is 12.1 Å². The highest BCUT2D eigenvalue weighted by Gasteiger charge is 2.12. The molecule has 0 radical (unpaired) electrons. The predicted octanol–water partition coefficient (Wildman–Crippen LogP) is 3.31. The number of hydrogen-bond acceptors (Lipinski definition) is 4. The highest BCUT2D eigenvalue weighted by Crippen LogP contribution is 2.24. The zero-order chi connectivity index (χ0) is 16.0. The molecular weight excluding hydrogens is 318 g/mol. The molecule has 0 aliphatic carbocycles. The van der Waals surface area contributed by atoms with Crippen molar-refractivity contribution in [3.8, 4) is 0 Å². The first-order chi connectivity index (χ1) is 11.1. The fourth-order valence-corrected chi connectivity index (χ4v) is 2.55. The molecule has 0 spiro atoms. The van der Waals surface area contributed by atoms with Crippen LogP contribution in [0.3, 0.4) is 0 Å². The van der Waals surface area contributed by atoms with E-state index >= 15 is 0 Å². The molecule has 0 unspecified atom stereocenters. The molecule has 0 bridgehead atoms. The maximum atomic E-state index is 11.0. The number of nitrogens with zero attached hydrogens (tertiary/aromatic N) is 3. The van der Waals surface area contributed by atoms with Gasteiger partial charge in [0.05, 0.1) is 27.3 Å². The fraction of sp³-hybridized carbons (Fsp3) is 0. The molecule has 0 atom stereocenters. The summed E-state index contributed by atoms with van der Waals surface area (Å²) in [6, 6.07) is 12.1. The molecule has 0 amide bonds. The van der Waals surface area contributed by atoms with Crippen molar-refractivity contribution in [2.24, 2.45) is 0 Å². The Morgan fingerprint density at radius 2 is 2.04 bits per heavy atom. The molecule has 2 aromatic heterocycles. The topological polar surface area (TPSA) is 95.3 Å². The van der Waals surface area contributed by atoms with Crippen molar-refractivity contribution in [3.05, 3.63) is 53.1 Å². The van der Waals surface area contributed by atoms with Crippen molar-refractivity contribution >= 4 is 46.0 Å². The Hall–Kier alpha value is -3.06. The van der Waals surface area contributed by atoms with Gasteiger partial charge in [-0.25, -0.2) is 14.3 Å². The van der Waals surface area contributed by atoms with Gasteiger partial charge in [-0.15, -0.1) is 0 Å². The molecule has 0 aliphatic rings. The summed E-state index contributed by atoms with van der Waals surface area (Å²) in [7, 11) is 0. The first-order valence-electron chi connectivity index (χ1n) is 6.75. The Morgan fingerprint density at radius 1 is 1.22 bits per heavy atom. The van der Waals surface area contributed by atoms with E-state index in [1.807, 2.05) is 18.2 Å². The second-order valence-corrected chi connectivity index (χ2v) is 5.34. The fourth-order valence-electron chi connectivity index (χ4n) is 2.36. The van der Waals surface area contributed by atoms with Crippen molar-refractivity contribution in [2.75, 3.05) is 5.32 Å². The number of fused-ring (bicyclic) bond motifs is 3. The van der Waals surface area contributed by atoms with E-state index in [1.54, 1.807) is 16.6 Å². The maximum absolute atomic E-state index is 11.0. The van der Waals surface area contributed by atoms with E-state index < -0.39 is 5.97 Å². The molecule has 7 nitrogen and oxygen atoms in total. The summed E-state index contributed by atoms with van der Waals surface area (Å²) in [6.07, 6.45) is 0. The van der Waals surface area contributed by atoms with Crippen LogP contribution in [-0.2, 0) is 0 Å². The van der Waals surface area contributed by atoms with Crippen molar-refractivity contribution < 1.29 is 9.90 Å². The van der Waals surface area contributed by atoms with Gasteiger partial charge >= 0.3 is 5.97 Å². The van der Waals surface area contributed by atoms with Gasteiger partial charge in [0.25, 0.3) is 5.78 Å². The molecule has 2 heterocycles. The number of carbonyl (C=O) groups is 1. The largest absolute Gasteiger partial charge is 0.478 e. The summed E-state index contributed by atoms with van der Waals surface area (Å²) in [5.74, 6) is -0.0560. The number of anilines is 2. The van der Waals surface area contributed by atoms with Gasteiger partial charge in [-0.1, -0.05) is 23.7 Å². The first kappa shape index (κ1) is 13.6. The molecule has 3 N–H and O–H groups in total. The highest BCUT2D eigenvalue weighted by atomic mass is 35.5. The molecule has 23 heavy (non-hydrogen) atoms. The number of benzene rings is 2. The Balaban J connectivity index is 1.77. The quantitative estimate of drug-likeness (QED) is 0.536. The lowest BCUT2D eigenvalue weighted by Crippen LogP contribution is -1.96. The summed E-state index contributed by atoms with van der Waals surface area (Å²) >= 11 is 6.11. The Morgan fingerprint density at radius 3 is 2.83 bits per heavy atom. The van der Waals surface area contributed by atoms with Gasteiger partial charge in [0.1, 0.15) is 0 Å². The standard InChI is InChI=1S/C15H10ClN5O2/c16-9-3-1-2-4-10(9)17-14-19-15-18-11-7-8(13(22)23)5-6-12(11)21(15)20-14/h1-7H,(H,22,23)(H2,17,18,19,20). The van der Waals surface area contributed by atoms with E-state index in [9.17, 15) is 4.79 Å². The number of hydrogen-bond donors (Lipinski definition) is 3. The number of para-hydroxylation sites is 1. The lowest BCUT2D eigenvalue weighted by atomic mass is 10.2. The summed E-state index contributed by atoms with van der Waals surface area (Å²) in [4.78, 5) is 19.7. The lowest BCUT2D eigenvalue weighted by Gasteiger charge is -2.03. The molecule has 2 aromatic carbocycles. The van der Waals surface area contributed by atoms with Crippen LogP contribution in [-0.4, -0.2) is 30.7 Å². The van der Waals surface area contributed by atoms with Gasteiger partial charge in [0.15, 0.2) is 0 Å². The molecule has 0 aliphatic heterocycles. The van der Waals surface area contributed by atoms with E-state index in [-0.39, 0.29) is 5.56 Å². The van der Waals surface area contributed by atoms with Crippen molar-refractivity contribution in [1.82, 2.24) is 19.6 Å². The van der Waals surface area contributed by atoms with Crippen LogP contribution in [0.1, 0.15) is 10.4 Å². The third kappa shape index (κ3) is 2.27. The van der Waals surface area contributed by atoms with Crippen LogP contribution < -0.4 is 5.32 Å². The van der Waals surface area contributed by atoms with Gasteiger partial charge in [-0.05, 0) is 30.3 Å². The maximum Gasteiger partial charge on any atom is 0.335 e. The number of carboxylic acid groups (broad SMARTS) is 1. The summed E-state index contributed by atoms with van der Waals surface area (Å²) in [6.45, 7) is 0. The molecule has 0 saturated carbocycles. The molecular formula is C15H10ClN5O2. The summed E-state index contributed by atoms with van der Waals surface area (Å²) in [5.41, 5.74) is 2.22. The summed E-state index contributed by atoms with van der Waals surface area (Å²) < 4.78 is 1.68. The minimum absolute atomic E-state index is 0.188. The molecule has 4 aromatic rings. The van der Waals surface area contributed by atoms with E-state index in [4.69, 9.17) is 16.7 Å². The van der Waals surface area contributed by atoms with Crippen LogP contribution in [0.5, 0.6) is 0 Å². The Labute approximate surface area is 134 Å². The average Bonchev–Trinajstić information content (AvgIpc) is 3.05. The zero-order valence-corrected chi connectivity index (χ0v) is 12.4. The van der Waals surface area contributed by atoms with Crippen LogP contribution in [0, 0.1) is 0 Å². The number of rotatable bonds is 3. The molecule has 4 rings (SSSR count). The van der Waals surface area contributed by atoms with Gasteiger partial charge in [-0.3, -0.25) is 5.10 Å². The third-order valence-electron chi connectivity index (χ3n) is 3.44. The normalized spacial score (nSPS) is 11.2. The molecule has 8 heteroatoms. The van der Waals surface area contributed by atoms with Crippen LogP contribution >= 0.6 is 11.6 Å². The second-order valence-electron chi connectivity index (χ2n) is 4.93. The predicted molar refractivity (Wildman–Crippen MR) is 86.5 cm³/mol. The molecule has 114 valence electrons. The van der Waals surface area contributed by atoms with Crippen LogP contribution in [0.2, 0.25) is 5.02 Å². The SMILES string of the molecule is O=C(O)c1ccc2c(c1)nc1nc(Nc3ccccc3Cl)[nH]n12. The van der Waals surface area contributed by atoms with Crippen molar-refractivity contribution in [1.29, 1.82) is 0 Å². The number of carboxylic acids is 1. The lowest BCUT2D eigenvalue weighted by molar-refractivity contribution is 0.0697. The third-order valence-corrected chi connectivity index (χ3v) is 3.77.